The van der Waals surface area contributed by atoms with Crippen molar-refractivity contribution in [1.29, 1.82) is 0 Å². The van der Waals surface area contributed by atoms with Crippen molar-refractivity contribution in [3.05, 3.63) is 22.5 Å². The van der Waals surface area contributed by atoms with Crippen LogP contribution in [0.2, 0.25) is 0 Å². The predicted octanol–water partition coefficient (Wildman–Crippen LogP) is 1.90. The summed E-state index contributed by atoms with van der Waals surface area (Å²) in [6.07, 6.45) is 0. The van der Waals surface area contributed by atoms with E-state index in [1.54, 1.807) is 17.7 Å². The molecule has 0 atom stereocenters. The Kier molecular flexibility index (Phi) is 2.87. The highest BCUT2D eigenvalue weighted by molar-refractivity contribution is 7.94. The number of thiazole rings is 1. The number of aryl methyl sites for hydroxylation is 1. The Morgan fingerprint density at radius 2 is 2.12 bits per heavy atom. The van der Waals surface area contributed by atoms with Crippen LogP contribution in [-0.4, -0.2) is 13.4 Å². The Hall–Kier alpha value is -1.12. The van der Waals surface area contributed by atoms with E-state index in [0.717, 1.165) is 17.0 Å². The van der Waals surface area contributed by atoms with Crippen LogP contribution in [0.3, 0.4) is 0 Å². The van der Waals surface area contributed by atoms with E-state index in [-0.39, 0.29) is 4.21 Å². The van der Waals surface area contributed by atoms with Gasteiger partial charge >= 0.3 is 0 Å². The summed E-state index contributed by atoms with van der Waals surface area (Å²) in [5.74, 6) is 0. The molecule has 2 rings (SSSR count). The summed E-state index contributed by atoms with van der Waals surface area (Å²) in [4.78, 5) is 4.03. The molecule has 3 N–H and O–H groups in total. The number of nitrogen functional groups attached to an aromatic ring is 1. The van der Waals surface area contributed by atoms with E-state index in [1.807, 2.05) is 0 Å². The smallest absolute Gasteiger partial charge is 0.273 e. The maximum Gasteiger partial charge on any atom is 0.273 e. The lowest BCUT2D eigenvalue weighted by Crippen LogP contribution is -2.11. The Balaban J connectivity index is 2.27. The average molecular weight is 275 g/mol. The van der Waals surface area contributed by atoms with Gasteiger partial charge in [0.25, 0.3) is 10.0 Å². The third-order valence-electron chi connectivity index (χ3n) is 1.70. The van der Waals surface area contributed by atoms with E-state index >= 15 is 0 Å². The van der Waals surface area contributed by atoms with Crippen molar-refractivity contribution in [2.45, 2.75) is 11.1 Å². The second kappa shape index (κ2) is 4.04. The molecule has 8 heteroatoms. The lowest BCUT2D eigenvalue weighted by atomic mass is 10.6. The first kappa shape index (κ1) is 11.4. The normalized spacial score (nSPS) is 11.6. The van der Waals surface area contributed by atoms with Gasteiger partial charge in [0.15, 0.2) is 5.13 Å². The Morgan fingerprint density at radius 3 is 2.62 bits per heavy atom. The van der Waals surface area contributed by atoms with Crippen molar-refractivity contribution in [3.8, 4) is 0 Å². The molecule has 0 aliphatic carbocycles. The highest BCUT2D eigenvalue weighted by Crippen LogP contribution is 2.25. The molecule has 0 saturated heterocycles. The van der Waals surface area contributed by atoms with E-state index < -0.39 is 10.0 Å². The molecule has 5 nitrogen and oxygen atoms in total. The Labute approximate surface area is 101 Å². The average Bonchev–Trinajstić information content (AvgIpc) is 2.75. The number of rotatable bonds is 3. The number of nitrogens with one attached hydrogen (secondary N) is 1. The van der Waals surface area contributed by atoms with Crippen LogP contribution in [0.4, 0.5) is 10.8 Å². The maximum absolute atomic E-state index is 11.8. The summed E-state index contributed by atoms with van der Waals surface area (Å²) >= 11 is 2.33. The molecule has 0 unspecified atom stereocenters. The molecule has 0 aromatic carbocycles. The van der Waals surface area contributed by atoms with Crippen LogP contribution in [0, 0.1) is 6.92 Å². The lowest BCUT2D eigenvalue weighted by molar-refractivity contribution is 0.603. The minimum atomic E-state index is -3.54. The Morgan fingerprint density at radius 1 is 1.38 bits per heavy atom. The first-order valence-corrected chi connectivity index (χ1v) is 7.50. The minimum absolute atomic E-state index is 0.192. The van der Waals surface area contributed by atoms with E-state index in [0.29, 0.717) is 10.8 Å². The summed E-state index contributed by atoms with van der Waals surface area (Å²) in [5, 5.41) is 3.73. The quantitative estimate of drug-likeness (QED) is 0.896. The van der Waals surface area contributed by atoms with Crippen molar-refractivity contribution in [2.24, 2.45) is 0 Å². The van der Waals surface area contributed by atoms with Gasteiger partial charge in [-0.15, -0.1) is 22.7 Å². The summed E-state index contributed by atoms with van der Waals surface area (Å²) in [5.41, 5.74) is 6.71. The molecular formula is C8H9N3O2S3. The molecule has 16 heavy (non-hydrogen) atoms. The molecule has 2 aromatic heterocycles. The number of hydrogen-bond acceptors (Lipinski definition) is 6. The molecule has 2 heterocycles. The van der Waals surface area contributed by atoms with Gasteiger partial charge in [-0.2, -0.15) is 0 Å². The molecule has 0 amide bonds. The highest BCUT2D eigenvalue weighted by atomic mass is 32.2. The largest absolute Gasteiger partial charge is 0.398 e. The number of hydrogen-bond donors (Lipinski definition) is 2. The highest BCUT2D eigenvalue weighted by Gasteiger charge is 2.17. The Bertz CT molecular complexity index is 600. The minimum Gasteiger partial charge on any atom is -0.398 e. The zero-order chi connectivity index (χ0) is 11.8. The van der Waals surface area contributed by atoms with E-state index in [2.05, 4.69) is 9.71 Å². The van der Waals surface area contributed by atoms with Gasteiger partial charge in [-0.05, 0) is 13.0 Å². The van der Waals surface area contributed by atoms with Crippen LogP contribution in [0.25, 0.3) is 0 Å². The van der Waals surface area contributed by atoms with Gasteiger partial charge in [0.2, 0.25) is 0 Å². The monoisotopic (exact) mass is 275 g/mol. The standard InChI is InChI=1S/C8H9N3O2S3/c1-5-3-15-8(10-5)11-16(12,13)7-2-6(9)4-14-7/h2-4H,9H2,1H3,(H,10,11). The van der Waals surface area contributed by atoms with Gasteiger partial charge in [0.1, 0.15) is 4.21 Å². The lowest BCUT2D eigenvalue weighted by Gasteiger charge is -2.01. The van der Waals surface area contributed by atoms with Crippen molar-refractivity contribution >= 4 is 43.5 Å². The van der Waals surface area contributed by atoms with Crippen molar-refractivity contribution in [3.63, 3.8) is 0 Å². The fourth-order valence-corrected chi connectivity index (χ4v) is 4.06. The molecule has 2 aromatic rings. The van der Waals surface area contributed by atoms with Gasteiger partial charge in [-0.1, -0.05) is 0 Å². The van der Waals surface area contributed by atoms with Crippen LogP contribution in [0.1, 0.15) is 5.69 Å². The molecule has 86 valence electrons. The number of sulfonamides is 1. The fourth-order valence-electron chi connectivity index (χ4n) is 1.04. The summed E-state index contributed by atoms with van der Waals surface area (Å²) < 4.78 is 26.3. The first-order valence-electron chi connectivity index (χ1n) is 4.26. The van der Waals surface area contributed by atoms with E-state index in [1.165, 1.54) is 17.4 Å². The number of aromatic nitrogens is 1. The van der Waals surface area contributed by atoms with Crippen molar-refractivity contribution in [2.75, 3.05) is 10.5 Å². The maximum atomic E-state index is 11.8. The molecular weight excluding hydrogens is 266 g/mol. The van der Waals surface area contributed by atoms with Crippen molar-refractivity contribution < 1.29 is 8.42 Å². The number of anilines is 2. The second-order valence-corrected chi connectivity index (χ2v) is 6.78. The number of nitrogens with zero attached hydrogens (tertiary/aromatic N) is 1. The summed E-state index contributed by atoms with van der Waals surface area (Å²) in [6.45, 7) is 1.80. The van der Waals surface area contributed by atoms with Crippen molar-refractivity contribution in [1.82, 2.24) is 4.98 Å². The third-order valence-corrected chi connectivity index (χ3v) is 5.50. The van der Waals surface area contributed by atoms with Gasteiger partial charge < -0.3 is 5.73 Å². The topological polar surface area (TPSA) is 85.1 Å². The molecule has 0 bridgehead atoms. The molecule has 0 fully saturated rings. The van der Waals surface area contributed by atoms with Crippen LogP contribution in [0.15, 0.2) is 21.0 Å². The number of nitrogens with two attached hydrogens (primary N) is 1. The van der Waals surface area contributed by atoms with Crippen LogP contribution < -0.4 is 10.5 Å². The zero-order valence-electron chi connectivity index (χ0n) is 8.30. The van der Waals surface area contributed by atoms with E-state index in [9.17, 15) is 8.42 Å². The third kappa shape index (κ3) is 2.34. The molecule has 0 aliphatic rings. The molecule has 0 spiro atoms. The fraction of sp³-hybridized carbons (Fsp3) is 0.125. The molecule has 0 radical (unpaired) electrons. The van der Waals surface area contributed by atoms with Crippen LogP contribution >= 0.6 is 22.7 Å². The van der Waals surface area contributed by atoms with E-state index in [4.69, 9.17) is 5.73 Å². The van der Waals surface area contributed by atoms with Gasteiger partial charge in [0.05, 0.1) is 5.69 Å². The van der Waals surface area contributed by atoms with Gasteiger partial charge in [0, 0.05) is 16.4 Å². The molecule has 0 saturated carbocycles. The first-order chi connectivity index (χ1) is 7.47. The summed E-state index contributed by atoms with van der Waals surface area (Å²) in [7, 11) is -3.54. The van der Waals surface area contributed by atoms with Gasteiger partial charge in [-0.25, -0.2) is 13.4 Å². The van der Waals surface area contributed by atoms with Crippen LogP contribution in [-0.2, 0) is 10.0 Å². The SMILES string of the molecule is Cc1csc(NS(=O)(=O)c2cc(N)cs2)n1. The van der Waals surface area contributed by atoms with Gasteiger partial charge in [-0.3, -0.25) is 4.72 Å². The second-order valence-electron chi connectivity index (χ2n) is 3.10. The summed E-state index contributed by atoms with van der Waals surface area (Å²) in [6, 6.07) is 1.42. The number of thiophene rings is 1. The predicted molar refractivity (Wildman–Crippen MR) is 66.4 cm³/mol. The zero-order valence-corrected chi connectivity index (χ0v) is 10.7. The molecule has 0 aliphatic heterocycles. The van der Waals surface area contributed by atoms with Crippen LogP contribution in [0.5, 0.6) is 0 Å².